The maximum Gasteiger partial charge on any atom is 0.301 e. The molecule has 3 aromatic carbocycles. The van der Waals surface area contributed by atoms with Crippen molar-refractivity contribution in [1.29, 1.82) is 0 Å². The Morgan fingerprint density at radius 2 is 1.85 bits per heavy atom. The second kappa shape index (κ2) is 11.2. The van der Waals surface area contributed by atoms with E-state index >= 15 is 0 Å². The quantitative estimate of drug-likeness (QED) is 0.113. The molecule has 40 heavy (non-hydrogen) atoms. The van der Waals surface area contributed by atoms with Gasteiger partial charge in [0.2, 0.25) is 0 Å². The molecule has 0 spiro atoms. The van der Waals surface area contributed by atoms with E-state index < -0.39 is 17.7 Å². The van der Waals surface area contributed by atoms with Crippen molar-refractivity contribution in [1.82, 2.24) is 4.98 Å². The summed E-state index contributed by atoms with van der Waals surface area (Å²) in [5.41, 5.74) is 2.65. The minimum Gasteiger partial charge on any atom is -0.507 e. The molecule has 9 heteroatoms. The van der Waals surface area contributed by atoms with Crippen molar-refractivity contribution < 1.29 is 28.9 Å². The summed E-state index contributed by atoms with van der Waals surface area (Å²) in [7, 11) is 1.54. The van der Waals surface area contributed by atoms with E-state index in [0.717, 1.165) is 10.3 Å². The molecule has 0 bridgehead atoms. The molecule has 2 heterocycles. The van der Waals surface area contributed by atoms with Crippen LogP contribution >= 0.6 is 11.3 Å². The van der Waals surface area contributed by atoms with E-state index in [1.807, 2.05) is 32.0 Å². The largest absolute Gasteiger partial charge is 0.507 e. The van der Waals surface area contributed by atoms with Gasteiger partial charge in [0.05, 0.1) is 35.5 Å². The van der Waals surface area contributed by atoms with Gasteiger partial charge in [-0.05, 0) is 73.5 Å². The number of aromatic nitrogens is 1. The van der Waals surface area contributed by atoms with E-state index in [1.165, 1.54) is 23.3 Å². The summed E-state index contributed by atoms with van der Waals surface area (Å²) in [6.07, 6.45) is 1.63. The van der Waals surface area contributed by atoms with Gasteiger partial charge in [0.15, 0.2) is 16.6 Å². The Labute approximate surface area is 235 Å². The Morgan fingerprint density at radius 1 is 1.07 bits per heavy atom. The molecule has 1 unspecified atom stereocenters. The van der Waals surface area contributed by atoms with Crippen molar-refractivity contribution in [3.8, 4) is 17.2 Å². The van der Waals surface area contributed by atoms with Crippen LogP contribution in [-0.4, -0.2) is 42.1 Å². The molecule has 0 saturated carbocycles. The van der Waals surface area contributed by atoms with Crippen LogP contribution in [0, 0.1) is 6.92 Å². The summed E-state index contributed by atoms with van der Waals surface area (Å²) in [6, 6.07) is 16.7. The van der Waals surface area contributed by atoms with Crippen LogP contribution < -0.4 is 19.1 Å². The molecule has 1 N–H and O–H groups in total. The summed E-state index contributed by atoms with van der Waals surface area (Å²) >= 11 is 1.31. The number of hydrogen-bond acceptors (Lipinski definition) is 8. The molecule has 4 aromatic rings. The number of Topliss-reactive ketones (excluding diaryl/α,β-unsaturated/α-hetero) is 1. The highest BCUT2D eigenvalue weighted by atomic mass is 32.1. The van der Waals surface area contributed by atoms with E-state index in [0.29, 0.717) is 45.6 Å². The average molecular weight is 557 g/mol. The number of thiazole rings is 1. The highest BCUT2D eigenvalue weighted by Gasteiger charge is 2.48. The van der Waals surface area contributed by atoms with Crippen LogP contribution in [0.25, 0.3) is 16.0 Å². The number of ether oxygens (including phenoxy) is 3. The third-order valence-corrected chi connectivity index (χ3v) is 7.50. The molecule has 8 nitrogen and oxygen atoms in total. The van der Waals surface area contributed by atoms with Crippen LogP contribution in [-0.2, 0) is 9.59 Å². The number of ketones is 1. The maximum absolute atomic E-state index is 13.6. The number of anilines is 1. The Hall–Kier alpha value is -4.63. The summed E-state index contributed by atoms with van der Waals surface area (Å²) in [5.74, 6) is -0.352. The van der Waals surface area contributed by atoms with Crippen LogP contribution in [0.15, 0.2) is 78.9 Å². The number of fused-ring (bicyclic) bond motifs is 1. The lowest BCUT2D eigenvalue weighted by Crippen LogP contribution is -2.29. The minimum absolute atomic E-state index is 0.0483. The first-order chi connectivity index (χ1) is 19.4. The van der Waals surface area contributed by atoms with E-state index in [4.69, 9.17) is 14.2 Å². The highest BCUT2D eigenvalue weighted by Crippen LogP contribution is 2.46. The standard InChI is InChI=1S/C31H28N2O6S/c1-5-15-39-23-14-10-20(17-24(23)38-6-2)27-26(28(34)19-8-11-21(37-4)12-9-19)29(35)30(36)33(27)31-32-22-13-7-18(3)16-25(22)40-31/h5,7-14,16-17,27,34H,1,6,15H2,2-4H3. The predicted molar refractivity (Wildman–Crippen MR) is 155 cm³/mol. The Morgan fingerprint density at radius 3 is 2.55 bits per heavy atom. The number of nitrogens with zero attached hydrogens (tertiary/aromatic N) is 2. The molecule has 5 rings (SSSR count). The second-order valence-corrected chi connectivity index (χ2v) is 10.1. The number of carbonyl (C=O) groups is 2. The van der Waals surface area contributed by atoms with E-state index in [2.05, 4.69) is 11.6 Å². The van der Waals surface area contributed by atoms with Crippen LogP contribution in [0.1, 0.15) is 29.7 Å². The summed E-state index contributed by atoms with van der Waals surface area (Å²) < 4.78 is 17.7. The summed E-state index contributed by atoms with van der Waals surface area (Å²) in [6.45, 7) is 8.17. The first-order valence-corrected chi connectivity index (χ1v) is 13.5. The molecule has 204 valence electrons. The lowest BCUT2D eigenvalue weighted by atomic mass is 9.95. The SMILES string of the molecule is C=CCOc1ccc(C2C(=C(O)c3ccc(OC)cc3)C(=O)C(=O)N2c2nc3ccc(C)cc3s2)cc1OCC. The molecule has 1 aliphatic heterocycles. The lowest BCUT2D eigenvalue weighted by molar-refractivity contribution is -0.132. The molecule has 0 aliphatic carbocycles. The Balaban J connectivity index is 1.71. The fourth-order valence-electron chi connectivity index (χ4n) is 4.60. The normalized spacial score (nSPS) is 16.4. The number of aliphatic hydroxyl groups excluding tert-OH is 1. The van der Waals surface area contributed by atoms with Gasteiger partial charge in [-0.15, -0.1) is 0 Å². The minimum atomic E-state index is -0.962. The number of hydrogen-bond donors (Lipinski definition) is 1. The molecular formula is C31H28N2O6S. The van der Waals surface area contributed by atoms with Crippen LogP contribution in [0.2, 0.25) is 0 Å². The van der Waals surface area contributed by atoms with Gasteiger partial charge < -0.3 is 19.3 Å². The molecule has 1 atom stereocenters. The number of aliphatic hydroxyl groups is 1. The first kappa shape index (κ1) is 27.0. The Kier molecular flexibility index (Phi) is 7.57. The van der Waals surface area contributed by atoms with Crippen LogP contribution in [0.5, 0.6) is 17.2 Å². The van der Waals surface area contributed by atoms with Gasteiger partial charge >= 0.3 is 5.91 Å². The van der Waals surface area contributed by atoms with Gasteiger partial charge in [0.1, 0.15) is 18.1 Å². The zero-order valence-corrected chi connectivity index (χ0v) is 23.2. The molecular weight excluding hydrogens is 528 g/mol. The zero-order chi connectivity index (χ0) is 28.4. The second-order valence-electron chi connectivity index (χ2n) is 9.10. The van der Waals surface area contributed by atoms with Crippen molar-refractivity contribution in [2.45, 2.75) is 19.9 Å². The van der Waals surface area contributed by atoms with Crippen molar-refractivity contribution in [3.63, 3.8) is 0 Å². The number of methoxy groups -OCH3 is 1. The number of aryl methyl sites for hydroxylation is 1. The fourth-order valence-corrected chi connectivity index (χ4v) is 5.69. The number of rotatable bonds is 9. The lowest BCUT2D eigenvalue weighted by Gasteiger charge is -2.24. The monoisotopic (exact) mass is 556 g/mol. The highest BCUT2D eigenvalue weighted by molar-refractivity contribution is 7.22. The first-order valence-electron chi connectivity index (χ1n) is 12.7. The number of benzene rings is 3. The third-order valence-electron chi connectivity index (χ3n) is 6.49. The Bertz CT molecular complexity index is 1640. The number of amides is 1. The van der Waals surface area contributed by atoms with Crippen molar-refractivity contribution in [3.05, 3.63) is 95.6 Å². The van der Waals surface area contributed by atoms with Crippen molar-refractivity contribution >= 4 is 44.1 Å². The van der Waals surface area contributed by atoms with Crippen LogP contribution in [0.3, 0.4) is 0 Å². The average Bonchev–Trinajstić information content (AvgIpc) is 3.49. The molecule has 0 radical (unpaired) electrons. The van der Waals surface area contributed by atoms with Crippen LogP contribution in [0.4, 0.5) is 5.13 Å². The van der Waals surface area contributed by atoms with Gasteiger partial charge in [-0.2, -0.15) is 0 Å². The van der Waals surface area contributed by atoms with Gasteiger partial charge in [0.25, 0.3) is 5.78 Å². The molecule has 1 aliphatic rings. The summed E-state index contributed by atoms with van der Waals surface area (Å²) in [4.78, 5) is 33.2. The molecule has 1 saturated heterocycles. The van der Waals surface area contributed by atoms with Gasteiger partial charge in [0, 0.05) is 5.56 Å². The van der Waals surface area contributed by atoms with E-state index in [1.54, 1.807) is 48.5 Å². The predicted octanol–water partition coefficient (Wildman–Crippen LogP) is 6.20. The van der Waals surface area contributed by atoms with Crippen molar-refractivity contribution in [2.24, 2.45) is 0 Å². The molecule has 1 aromatic heterocycles. The molecule has 1 amide bonds. The van der Waals surface area contributed by atoms with E-state index in [9.17, 15) is 14.7 Å². The molecule has 1 fully saturated rings. The topological polar surface area (TPSA) is 98.2 Å². The maximum atomic E-state index is 13.6. The fraction of sp³-hybridized carbons (Fsp3) is 0.194. The number of carbonyl (C=O) groups excluding carboxylic acids is 2. The van der Waals surface area contributed by atoms with E-state index in [-0.39, 0.29) is 17.9 Å². The smallest absolute Gasteiger partial charge is 0.301 e. The van der Waals surface area contributed by atoms with Crippen molar-refractivity contribution in [2.75, 3.05) is 25.2 Å². The van der Waals surface area contributed by atoms with Gasteiger partial charge in [-0.25, -0.2) is 4.98 Å². The van der Waals surface area contributed by atoms with Gasteiger partial charge in [-0.3, -0.25) is 14.5 Å². The summed E-state index contributed by atoms with van der Waals surface area (Å²) in [5, 5.41) is 11.8. The zero-order valence-electron chi connectivity index (χ0n) is 22.3. The third kappa shape index (κ3) is 4.91. The van der Waals surface area contributed by atoms with Gasteiger partial charge in [-0.1, -0.05) is 36.1 Å².